The average molecular weight is 451 g/mol. The summed E-state index contributed by atoms with van der Waals surface area (Å²) < 4.78 is 15.2. The topological polar surface area (TPSA) is 112 Å². The molecule has 32 heavy (non-hydrogen) atoms. The Morgan fingerprint density at radius 3 is 2.38 bits per heavy atom. The summed E-state index contributed by atoms with van der Waals surface area (Å²) in [6.45, 7) is 7.77. The molecule has 0 aromatic rings. The Morgan fingerprint density at radius 2 is 1.81 bits per heavy atom. The maximum absolute atomic E-state index is 15.2. The van der Waals surface area contributed by atoms with Gasteiger partial charge in [-0.3, -0.25) is 9.59 Å². The highest BCUT2D eigenvalue weighted by atomic mass is 19.1. The highest BCUT2D eigenvalue weighted by Gasteiger charge is 2.71. The van der Waals surface area contributed by atoms with E-state index in [1.54, 1.807) is 19.9 Å². The van der Waals surface area contributed by atoms with Crippen LogP contribution in [0.25, 0.3) is 0 Å². The van der Waals surface area contributed by atoms with Crippen molar-refractivity contribution in [3.05, 3.63) is 23.8 Å². The van der Waals surface area contributed by atoms with Crippen LogP contribution in [0, 0.1) is 34.5 Å². The molecule has 3 fully saturated rings. The number of ketones is 3. The van der Waals surface area contributed by atoms with E-state index < -0.39 is 41.1 Å². The highest BCUT2D eigenvalue weighted by Crippen LogP contribution is 2.68. The minimum atomic E-state index is -1.74. The van der Waals surface area contributed by atoms with Gasteiger partial charge in [0, 0.05) is 16.7 Å². The first-order chi connectivity index (χ1) is 14.7. The molecule has 0 aromatic carbocycles. The van der Waals surface area contributed by atoms with E-state index >= 15 is 4.39 Å². The fourth-order valence-electron chi connectivity index (χ4n) is 7.38. The normalized spacial score (nSPS) is 46.8. The predicted octanol–water partition coefficient (Wildman–Crippen LogP) is 2.35. The van der Waals surface area contributed by atoms with Gasteiger partial charge in [-0.15, -0.1) is 0 Å². The molecule has 0 aliphatic heterocycles. The van der Waals surface area contributed by atoms with E-state index in [2.05, 4.69) is 0 Å². The van der Waals surface area contributed by atoms with Crippen molar-refractivity contribution in [3.8, 4) is 0 Å². The lowest BCUT2D eigenvalue weighted by Gasteiger charge is -2.60. The number of rotatable bonds is 2. The third-order valence-electron chi connectivity index (χ3n) is 8.63. The van der Waals surface area contributed by atoms with Gasteiger partial charge in [0.25, 0.3) is 0 Å². The third kappa shape index (κ3) is 3.44. The second-order valence-electron chi connectivity index (χ2n) is 10.7. The maximum atomic E-state index is 15.2. The number of carbonyl (C=O) groups excluding carboxylic acids is 3. The number of carbonyl (C=O) groups is 3. The quantitative estimate of drug-likeness (QED) is 0.595. The van der Waals surface area contributed by atoms with E-state index in [9.17, 15) is 29.7 Å². The lowest BCUT2D eigenvalue weighted by atomic mass is 9.46. The van der Waals surface area contributed by atoms with Crippen molar-refractivity contribution in [1.82, 2.24) is 0 Å². The van der Waals surface area contributed by atoms with Crippen LogP contribution in [-0.2, 0) is 14.4 Å². The summed E-state index contributed by atoms with van der Waals surface area (Å²) in [5.74, 6) is -1.75. The number of allylic oxidation sites excluding steroid dienone is 4. The van der Waals surface area contributed by atoms with Crippen molar-refractivity contribution in [1.29, 1.82) is 0 Å². The highest BCUT2D eigenvalue weighted by molar-refractivity contribution is 6.01. The molecular weight excluding hydrogens is 415 g/mol. The lowest BCUT2D eigenvalue weighted by molar-refractivity contribution is -0.185. The Balaban J connectivity index is 0.000000668. The Bertz CT molecular complexity index is 876. The molecule has 0 unspecified atom stereocenters. The van der Waals surface area contributed by atoms with Crippen LogP contribution in [0.1, 0.15) is 53.9 Å². The fourth-order valence-corrected chi connectivity index (χ4v) is 7.38. The van der Waals surface area contributed by atoms with Crippen LogP contribution in [0.5, 0.6) is 0 Å². The Kier molecular flexibility index (Phi) is 6.44. The lowest BCUT2D eigenvalue weighted by Crippen LogP contribution is -2.63. The number of aliphatic hydroxyl groups excluding tert-OH is 2. The van der Waals surface area contributed by atoms with E-state index in [1.807, 2.05) is 6.92 Å². The van der Waals surface area contributed by atoms with Gasteiger partial charge < -0.3 is 20.1 Å². The van der Waals surface area contributed by atoms with Crippen molar-refractivity contribution in [3.63, 3.8) is 0 Å². The number of hydrogen-bond donors (Lipinski definition) is 3. The Labute approximate surface area is 188 Å². The van der Waals surface area contributed by atoms with Gasteiger partial charge >= 0.3 is 0 Å². The van der Waals surface area contributed by atoms with Gasteiger partial charge in [0.05, 0.1) is 6.10 Å². The van der Waals surface area contributed by atoms with E-state index in [0.29, 0.717) is 12.0 Å². The molecule has 4 aliphatic rings. The van der Waals surface area contributed by atoms with Gasteiger partial charge in [0.1, 0.15) is 24.2 Å². The largest absolute Gasteiger partial charge is 0.393 e. The van der Waals surface area contributed by atoms with Crippen LogP contribution in [0.2, 0.25) is 0 Å². The molecule has 0 saturated heterocycles. The van der Waals surface area contributed by atoms with Gasteiger partial charge in [-0.05, 0) is 68.6 Å². The molecule has 7 heteroatoms. The molecule has 6 nitrogen and oxygen atoms in total. The van der Waals surface area contributed by atoms with Crippen molar-refractivity contribution in [2.75, 3.05) is 6.61 Å². The number of aliphatic hydroxyl groups is 3. The maximum Gasteiger partial charge on any atom is 0.190 e. The van der Waals surface area contributed by atoms with Crippen LogP contribution in [0.15, 0.2) is 23.8 Å². The first kappa shape index (κ1) is 24.9. The predicted molar refractivity (Wildman–Crippen MR) is 116 cm³/mol. The van der Waals surface area contributed by atoms with Crippen molar-refractivity contribution in [2.45, 2.75) is 71.8 Å². The average Bonchev–Trinajstić information content (AvgIpc) is 2.89. The van der Waals surface area contributed by atoms with Gasteiger partial charge in [-0.1, -0.05) is 26.8 Å². The molecule has 9 atom stereocenters. The number of hydrogen-bond acceptors (Lipinski definition) is 6. The Morgan fingerprint density at radius 1 is 1.22 bits per heavy atom. The summed E-state index contributed by atoms with van der Waals surface area (Å²) in [6.07, 6.45) is 3.29. The first-order valence-corrected chi connectivity index (χ1v) is 11.3. The molecular formula is C25H35FO6. The van der Waals surface area contributed by atoms with Crippen LogP contribution >= 0.6 is 0 Å². The van der Waals surface area contributed by atoms with Gasteiger partial charge in [-0.2, -0.15) is 0 Å². The second kappa shape index (κ2) is 8.26. The van der Waals surface area contributed by atoms with Crippen molar-refractivity contribution in [2.24, 2.45) is 34.5 Å². The second-order valence-corrected chi connectivity index (χ2v) is 10.7. The first-order valence-electron chi connectivity index (χ1n) is 11.3. The van der Waals surface area contributed by atoms with Crippen LogP contribution in [-0.4, -0.2) is 57.2 Å². The summed E-state index contributed by atoms with van der Waals surface area (Å²) >= 11 is 0. The van der Waals surface area contributed by atoms with Crippen LogP contribution < -0.4 is 0 Å². The molecule has 4 rings (SSSR count). The number of fused-ring (bicyclic) bond motifs is 5. The van der Waals surface area contributed by atoms with E-state index in [-0.39, 0.29) is 48.1 Å². The zero-order valence-electron chi connectivity index (χ0n) is 19.5. The molecule has 0 spiro atoms. The molecule has 0 heterocycles. The van der Waals surface area contributed by atoms with Gasteiger partial charge in [-0.25, -0.2) is 4.39 Å². The summed E-state index contributed by atoms with van der Waals surface area (Å²) in [5, 5.41) is 32.1. The minimum Gasteiger partial charge on any atom is -0.393 e. The zero-order chi connectivity index (χ0) is 24.2. The van der Waals surface area contributed by atoms with Crippen LogP contribution in [0.4, 0.5) is 4.39 Å². The SMILES string of the molecule is CC(C)=O.C[C@@H]1C[C@H]2[C@@H]3C[C@H](F)C4=CC(=O)C=C[C@]4(C)[C@H]3[C@@H](O)C[C@]2(C)[C@@]1(O)C(=O)CO. The minimum absolute atomic E-state index is 0.154. The summed E-state index contributed by atoms with van der Waals surface area (Å²) in [6, 6.07) is 0. The number of halogens is 1. The van der Waals surface area contributed by atoms with E-state index in [1.165, 1.54) is 26.0 Å². The Hall–Kier alpha value is -1.70. The summed E-state index contributed by atoms with van der Waals surface area (Å²) in [4.78, 5) is 33.8. The standard InChI is InChI=1S/C22H29FO5.C3H6O/c1-11-6-14-13-8-16(23)15-7-12(25)4-5-20(15,2)19(13)17(26)9-21(14,3)22(11,28)18(27)10-24;1-3(2)4/h4-5,7,11,13-14,16-17,19,24,26,28H,6,8-10H2,1-3H3;1-2H3/t11-,13+,14+,16+,17+,19-,20+,21+,22+;/m1./s1. The number of Topliss-reactive ketones (excluding diaryl/α,β-unsaturated/α-hetero) is 2. The molecule has 0 bridgehead atoms. The van der Waals surface area contributed by atoms with Crippen molar-refractivity contribution < 1.29 is 34.1 Å². The number of alkyl halides is 1. The zero-order valence-corrected chi connectivity index (χ0v) is 19.5. The van der Waals surface area contributed by atoms with Gasteiger partial charge in [0.2, 0.25) is 0 Å². The van der Waals surface area contributed by atoms with Gasteiger partial charge in [0.15, 0.2) is 11.6 Å². The smallest absolute Gasteiger partial charge is 0.190 e. The molecule has 178 valence electrons. The third-order valence-corrected chi connectivity index (χ3v) is 8.63. The summed E-state index contributed by atoms with van der Waals surface area (Å²) in [5.41, 5.74) is -3.00. The van der Waals surface area contributed by atoms with E-state index in [4.69, 9.17) is 0 Å². The molecule has 0 amide bonds. The molecule has 3 saturated carbocycles. The molecule has 3 N–H and O–H groups in total. The molecule has 0 aromatic heterocycles. The van der Waals surface area contributed by atoms with Crippen molar-refractivity contribution >= 4 is 17.3 Å². The van der Waals surface area contributed by atoms with Crippen LogP contribution in [0.3, 0.4) is 0 Å². The summed E-state index contributed by atoms with van der Waals surface area (Å²) in [7, 11) is 0. The monoisotopic (exact) mass is 450 g/mol. The van der Waals surface area contributed by atoms with E-state index in [0.717, 1.165) is 0 Å². The molecule has 0 radical (unpaired) electrons. The fraction of sp³-hybridized carbons (Fsp3) is 0.720. The molecule has 4 aliphatic carbocycles.